The van der Waals surface area contributed by atoms with E-state index in [1.54, 1.807) is 7.11 Å². The smallest absolute Gasteiger partial charge is 0.318 e. The van der Waals surface area contributed by atoms with Crippen LogP contribution in [0.2, 0.25) is 0 Å². The van der Waals surface area contributed by atoms with E-state index in [2.05, 4.69) is 5.32 Å². The maximum absolute atomic E-state index is 12.2. The molecule has 0 aliphatic carbocycles. The first-order valence-corrected chi connectivity index (χ1v) is 8.10. The molecule has 0 unspecified atom stereocenters. The largest absolute Gasteiger partial charge is 0.464 e. The van der Waals surface area contributed by atoms with Crippen molar-refractivity contribution in [3.63, 3.8) is 0 Å². The van der Waals surface area contributed by atoms with Crippen molar-refractivity contribution in [2.45, 2.75) is 19.4 Å². The highest BCUT2D eigenvalue weighted by Gasteiger charge is 2.22. The maximum Gasteiger partial charge on any atom is 0.318 e. The molecular formula is C14H22N2O3S. The number of hydrogen-bond acceptors (Lipinski definition) is 4. The number of amides is 2. The van der Waals surface area contributed by atoms with Gasteiger partial charge in [-0.3, -0.25) is 0 Å². The van der Waals surface area contributed by atoms with Crippen LogP contribution in [-0.2, 0) is 11.2 Å². The molecule has 2 rings (SSSR count). The van der Waals surface area contributed by atoms with Crippen LogP contribution in [0.15, 0.2) is 16.5 Å². The first-order chi connectivity index (χ1) is 9.74. The van der Waals surface area contributed by atoms with Crippen LogP contribution in [0.4, 0.5) is 4.79 Å². The monoisotopic (exact) mass is 298 g/mol. The Bertz CT molecular complexity index is 430. The average molecular weight is 298 g/mol. The van der Waals surface area contributed by atoms with Crippen molar-refractivity contribution < 1.29 is 13.9 Å². The molecule has 1 N–H and O–H groups in total. The summed E-state index contributed by atoms with van der Waals surface area (Å²) in [4.78, 5) is 14.1. The fraction of sp³-hybridized carbons (Fsp3) is 0.643. The Morgan fingerprint density at radius 2 is 2.25 bits per heavy atom. The third-order valence-corrected chi connectivity index (χ3v) is 4.25. The molecule has 0 bridgehead atoms. The zero-order valence-corrected chi connectivity index (χ0v) is 12.9. The molecule has 0 aromatic carbocycles. The molecule has 0 spiro atoms. The van der Waals surface area contributed by atoms with Crippen LogP contribution >= 0.6 is 11.8 Å². The number of ether oxygens (including phenoxy) is 1. The topological polar surface area (TPSA) is 54.7 Å². The van der Waals surface area contributed by atoms with Crippen LogP contribution in [0.1, 0.15) is 24.5 Å². The van der Waals surface area contributed by atoms with Gasteiger partial charge in [-0.1, -0.05) is 6.92 Å². The molecule has 6 heteroatoms. The Morgan fingerprint density at radius 1 is 1.50 bits per heavy atom. The molecule has 20 heavy (non-hydrogen) atoms. The number of nitrogens with zero attached hydrogens (tertiary/aromatic N) is 1. The lowest BCUT2D eigenvalue weighted by molar-refractivity contribution is 0.147. The van der Waals surface area contributed by atoms with Gasteiger partial charge in [0, 0.05) is 38.1 Å². The Labute approximate surface area is 124 Å². The number of urea groups is 1. The molecule has 1 saturated heterocycles. The summed E-state index contributed by atoms with van der Waals surface area (Å²) >= 11 is 1.88. The molecule has 2 amide bonds. The zero-order chi connectivity index (χ0) is 14.4. The summed E-state index contributed by atoms with van der Waals surface area (Å²) in [6.07, 6.45) is 0.844. The third kappa shape index (κ3) is 3.93. The zero-order valence-electron chi connectivity index (χ0n) is 12.1. The molecule has 112 valence electrons. The second-order valence-corrected chi connectivity index (χ2v) is 5.94. The molecule has 0 saturated carbocycles. The molecule has 1 aliphatic heterocycles. The van der Waals surface area contributed by atoms with Crippen LogP contribution in [0, 0.1) is 0 Å². The van der Waals surface area contributed by atoms with Crippen LogP contribution in [0.3, 0.4) is 0 Å². The Morgan fingerprint density at radius 3 is 2.85 bits per heavy atom. The van der Waals surface area contributed by atoms with Crippen molar-refractivity contribution in [1.29, 1.82) is 0 Å². The number of rotatable bonds is 5. The van der Waals surface area contributed by atoms with Crippen molar-refractivity contribution in [1.82, 2.24) is 10.2 Å². The second-order valence-electron chi connectivity index (χ2n) is 4.71. The SMILES string of the molecule is CCc1ccc([C@H](COC)NC(=O)N2CCSCC2)o1. The molecule has 0 radical (unpaired) electrons. The molecule has 1 aliphatic rings. The summed E-state index contributed by atoms with van der Waals surface area (Å²) in [6.45, 7) is 4.05. The fourth-order valence-corrected chi connectivity index (χ4v) is 3.04. The van der Waals surface area contributed by atoms with Crippen LogP contribution < -0.4 is 5.32 Å². The quantitative estimate of drug-likeness (QED) is 0.906. The summed E-state index contributed by atoms with van der Waals surface area (Å²) in [5, 5.41) is 3.00. The van der Waals surface area contributed by atoms with Gasteiger partial charge in [-0.05, 0) is 12.1 Å². The molecule has 5 nitrogen and oxygen atoms in total. The molecule has 2 heterocycles. The first kappa shape index (κ1) is 15.3. The normalized spacial score (nSPS) is 17.0. The lowest BCUT2D eigenvalue weighted by Gasteiger charge is -2.28. The summed E-state index contributed by atoms with van der Waals surface area (Å²) in [5.74, 6) is 3.68. The van der Waals surface area contributed by atoms with Crippen LogP contribution in [0.5, 0.6) is 0 Å². The van der Waals surface area contributed by atoms with Crippen molar-refractivity contribution in [3.8, 4) is 0 Å². The Balaban J connectivity index is 1.99. The number of carbonyl (C=O) groups excluding carboxylic acids is 1. The van der Waals surface area contributed by atoms with E-state index >= 15 is 0 Å². The van der Waals surface area contributed by atoms with Gasteiger partial charge in [0.2, 0.25) is 0 Å². The maximum atomic E-state index is 12.2. The second kappa shape index (κ2) is 7.59. The van der Waals surface area contributed by atoms with E-state index in [1.807, 2.05) is 35.7 Å². The number of furan rings is 1. The molecule has 1 aromatic heterocycles. The molecule has 1 aromatic rings. The van der Waals surface area contributed by atoms with Crippen molar-refractivity contribution >= 4 is 17.8 Å². The first-order valence-electron chi connectivity index (χ1n) is 6.95. The van der Waals surface area contributed by atoms with Gasteiger partial charge in [0.1, 0.15) is 17.6 Å². The van der Waals surface area contributed by atoms with E-state index in [9.17, 15) is 4.79 Å². The summed E-state index contributed by atoms with van der Waals surface area (Å²) < 4.78 is 10.9. The van der Waals surface area contributed by atoms with Crippen LogP contribution in [0.25, 0.3) is 0 Å². The highest BCUT2D eigenvalue weighted by molar-refractivity contribution is 7.99. The van der Waals surface area contributed by atoms with Gasteiger partial charge in [0.15, 0.2) is 0 Å². The average Bonchev–Trinajstić information content (AvgIpc) is 2.96. The minimum absolute atomic E-state index is 0.0400. The fourth-order valence-electron chi connectivity index (χ4n) is 2.14. The van der Waals surface area contributed by atoms with Crippen molar-refractivity contribution in [3.05, 3.63) is 23.7 Å². The van der Waals surface area contributed by atoms with Gasteiger partial charge in [0.05, 0.1) is 6.61 Å². The molecule has 1 fully saturated rings. The van der Waals surface area contributed by atoms with E-state index < -0.39 is 0 Å². The standard InChI is InChI=1S/C14H22N2O3S/c1-3-11-4-5-13(19-11)12(10-18-2)15-14(17)16-6-8-20-9-7-16/h4-5,12H,3,6-10H2,1-2H3,(H,15,17)/t12-/m0/s1. The van der Waals surface area contributed by atoms with E-state index in [0.717, 1.165) is 42.5 Å². The van der Waals surface area contributed by atoms with Gasteiger partial charge in [-0.2, -0.15) is 11.8 Å². The number of nitrogens with one attached hydrogen (secondary N) is 1. The summed E-state index contributed by atoms with van der Waals surface area (Å²) in [6, 6.07) is 3.58. The summed E-state index contributed by atoms with van der Waals surface area (Å²) in [7, 11) is 1.63. The predicted octanol–water partition coefficient (Wildman–Crippen LogP) is 2.29. The van der Waals surface area contributed by atoms with E-state index in [0.29, 0.717) is 6.61 Å². The van der Waals surface area contributed by atoms with E-state index in [-0.39, 0.29) is 12.1 Å². The predicted molar refractivity (Wildman–Crippen MR) is 80.1 cm³/mol. The minimum Gasteiger partial charge on any atom is -0.464 e. The van der Waals surface area contributed by atoms with E-state index in [1.165, 1.54) is 0 Å². The van der Waals surface area contributed by atoms with Gasteiger partial charge < -0.3 is 19.4 Å². The van der Waals surface area contributed by atoms with E-state index in [4.69, 9.17) is 9.15 Å². The van der Waals surface area contributed by atoms with Gasteiger partial charge in [0.25, 0.3) is 0 Å². The molecular weight excluding hydrogens is 276 g/mol. The van der Waals surface area contributed by atoms with Crippen molar-refractivity contribution in [2.24, 2.45) is 0 Å². The van der Waals surface area contributed by atoms with Gasteiger partial charge in [-0.25, -0.2) is 4.79 Å². The lowest BCUT2D eigenvalue weighted by Crippen LogP contribution is -2.46. The van der Waals surface area contributed by atoms with Gasteiger partial charge >= 0.3 is 6.03 Å². The lowest BCUT2D eigenvalue weighted by atomic mass is 10.2. The summed E-state index contributed by atoms with van der Waals surface area (Å²) in [5.41, 5.74) is 0. The number of aryl methyl sites for hydroxylation is 1. The molecule has 1 atom stereocenters. The van der Waals surface area contributed by atoms with Crippen molar-refractivity contribution in [2.75, 3.05) is 38.3 Å². The minimum atomic E-state index is -0.234. The highest BCUT2D eigenvalue weighted by atomic mass is 32.2. The Hall–Kier alpha value is -1.14. The number of hydrogen-bond donors (Lipinski definition) is 1. The Kier molecular flexibility index (Phi) is 5.79. The number of methoxy groups -OCH3 is 1. The number of carbonyl (C=O) groups is 1. The third-order valence-electron chi connectivity index (χ3n) is 3.30. The number of thioether (sulfide) groups is 1. The highest BCUT2D eigenvalue weighted by Crippen LogP contribution is 2.18. The van der Waals surface area contributed by atoms with Gasteiger partial charge in [-0.15, -0.1) is 0 Å². The van der Waals surface area contributed by atoms with Crippen LogP contribution in [-0.4, -0.2) is 49.2 Å².